The van der Waals surface area contributed by atoms with Crippen LogP contribution in [0.15, 0.2) is 54.9 Å². The van der Waals surface area contributed by atoms with Crippen LogP contribution in [0.2, 0.25) is 0 Å². The fourth-order valence-electron chi connectivity index (χ4n) is 5.06. The zero-order valence-corrected chi connectivity index (χ0v) is 22.9. The molecule has 3 heterocycles. The van der Waals surface area contributed by atoms with Crippen molar-refractivity contribution in [1.29, 1.82) is 0 Å². The molecule has 0 aliphatic carbocycles. The van der Waals surface area contributed by atoms with Crippen molar-refractivity contribution in [3.05, 3.63) is 77.1 Å². The summed E-state index contributed by atoms with van der Waals surface area (Å²) in [6.45, 7) is 5.30. The molecule has 2 aromatic carbocycles. The van der Waals surface area contributed by atoms with Gasteiger partial charge in [-0.2, -0.15) is 17.9 Å². The molecule has 1 aliphatic heterocycles. The first-order chi connectivity index (χ1) is 19.1. The number of carbonyl (C=O) groups excluding carboxylic acids is 1. The van der Waals surface area contributed by atoms with Crippen LogP contribution in [-0.2, 0) is 26.7 Å². The monoisotopic (exact) mass is 552 g/mol. The summed E-state index contributed by atoms with van der Waals surface area (Å²) in [4.78, 5) is 15.7. The van der Waals surface area contributed by atoms with Crippen LogP contribution >= 0.6 is 0 Å². The van der Waals surface area contributed by atoms with Crippen LogP contribution in [0.25, 0.3) is 17.1 Å². The van der Waals surface area contributed by atoms with E-state index in [9.17, 15) is 18.0 Å². The zero-order chi connectivity index (χ0) is 28.4. The van der Waals surface area contributed by atoms with E-state index in [4.69, 9.17) is 0 Å². The van der Waals surface area contributed by atoms with E-state index in [0.717, 1.165) is 61.6 Å². The number of alkyl halides is 3. The number of anilines is 1. The second kappa shape index (κ2) is 11.2. The second-order valence-corrected chi connectivity index (χ2v) is 10.3. The highest BCUT2D eigenvalue weighted by atomic mass is 19.4. The minimum absolute atomic E-state index is 0.0398. The number of Topliss-reactive ketones (excluding diaryl/α,β-unsaturated/α-hetero) is 1. The van der Waals surface area contributed by atoms with Crippen molar-refractivity contribution >= 4 is 11.5 Å². The lowest BCUT2D eigenvalue weighted by atomic mass is 9.98. The van der Waals surface area contributed by atoms with Crippen LogP contribution in [0.4, 0.5) is 18.9 Å². The number of halogens is 3. The molecule has 11 heteroatoms. The lowest BCUT2D eigenvalue weighted by Gasteiger charge is -2.18. The number of hydrogen-bond donors (Lipinski definition) is 1. The van der Waals surface area contributed by atoms with Gasteiger partial charge in [0.2, 0.25) is 0 Å². The number of likely N-dealkylation sites (tertiary alicyclic amines) is 1. The van der Waals surface area contributed by atoms with Crippen LogP contribution in [0.5, 0.6) is 0 Å². The van der Waals surface area contributed by atoms with Crippen molar-refractivity contribution in [2.75, 3.05) is 31.5 Å². The summed E-state index contributed by atoms with van der Waals surface area (Å²) in [6, 6.07) is 10.8. The molecule has 210 valence electrons. The number of nitrogens with one attached hydrogen (secondary N) is 1. The van der Waals surface area contributed by atoms with Crippen molar-refractivity contribution in [3.8, 4) is 17.1 Å². The second-order valence-electron chi connectivity index (χ2n) is 10.3. The first kappa shape index (κ1) is 27.6. The minimum atomic E-state index is -4.54. The number of nitrogens with zero attached hydrogens (tertiary/aromatic N) is 6. The standard InChI is InChI=1S/C29H32F3N7O/c1-20-6-7-21(16-27(20)39-19-25(34-35-39)26-10-14-36(2)37(26)3)17-28(40)23-18-22(29(30,31)32)8-9-24(23)33-11-15-38-12-4-5-13-38/h6-10,14,16,18-19H,4-5,11-13,15,17H2,1-3H3/p+1. The van der Waals surface area contributed by atoms with E-state index in [0.29, 0.717) is 23.5 Å². The quantitative estimate of drug-likeness (QED) is 0.247. The normalized spacial score (nSPS) is 14.2. The fourth-order valence-corrected chi connectivity index (χ4v) is 5.06. The van der Waals surface area contributed by atoms with Crippen LogP contribution < -0.4 is 10.00 Å². The van der Waals surface area contributed by atoms with Gasteiger partial charge in [0.05, 0.1) is 24.5 Å². The smallest absolute Gasteiger partial charge is 0.383 e. The third-order valence-electron chi connectivity index (χ3n) is 7.50. The lowest BCUT2D eigenvalue weighted by molar-refractivity contribution is -0.750. The molecule has 1 aliphatic rings. The molecular weight excluding hydrogens is 519 g/mol. The number of rotatable bonds is 9. The van der Waals surface area contributed by atoms with E-state index in [1.165, 1.54) is 6.07 Å². The average molecular weight is 553 g/mol. The number of carbonyl (C=O) groups is 1. The Balaban J connectivity index is 1.38. The van der Waals surface area contributed by atoms with Crippen LogP contribution in [0, 0.1) is 6.92 Å². The number of benzene rings is 2. The number of ketones is 1. The topological polar surface area (TPSA) is 71.9 Å². The van der Waals surface area contributed by atoms with Crippen molar-refractivity contribution < 1.29 is 22.6 Å². The van der Waals surface area contributed by atoms with E-state index >= 15 is 0 Å². The highest BCUT2D eigenvalue weighted by molar-refractivity contribution is 6.02. The van der Waals surface area contributed by atoms with Gasteiger partial charge in [0.15, 0.2) is 19.0 Å². The molecule has 5 rings (SSSR count). The molecule has 0 amide bonds. The molecule has 0 saturated carbocycles. The van der Waals surface area contributed by atoms with E-state index < -0.39 is 11.7 Å². The minimum Gasteiger partial charge on any atom is -0.383 e. The Bertz CT molecular complexity index is 1520. The maximum Gasteiger partial charge on any atom is 0.416 e. The molecular formula is C29H33F3N7O+. The van der Waals surface area contributed by atoms with Gasteiger partial charge in [-0.1, -0.05) is 17.3 Å². The number of aryl methyl sites for hydroxylation is 2. The predicted octanol–water partition coefficient (Wildman–Crippen LogP) is 4.36. The highest BCUT2D eigenvalue weighted by Crippen LogP contribution is 2.32. The summed E-state index contributed by atoms with van der Waals surface area (Å²) >= 11 is 0. The van der Waals surface area contributed by atoms with E-state index in [2.05, 4.69) is 20.5 Å². The Labute approximate surface area is 231 Å². The third-order valence-corrected chi connectivity index (χ3v) is 7.50. The van der Waals surface area contributed by atoms with Gasteiger partial charge in [0, 0.05) is 36.8 Å². The fraction of sp³-hybridized carbons (Fsp3) is 0.379. The molecule has 0 radical (unpaired) electrons. The molecule has 0 bridgehead atoms. The Hall–Kier alpha value is -3.99. The van der Waals surface area contributed by atoms with Crippen LogP contribution in [0.1, 0.15) is 39.9 Å². The number of hydrogen-bond acceptors (Lipinski definition) is 5. The average Bonchev–Trinajstić information content (AvgIpc) is 3.68. The third kappa shape index (κ3) is 5.94. The van der Waals surface area contributed by atoms with Crippen LogP contribution in [0.3, 0.4) is 0 Å². The maximum atomic E-state index is 13.5. The van der Waals surface area contributed by atoms with E-state index in [1.54, 1.807) is 4.68 Å². The Morgan fingerprint density at radius 1 is 1.10 bits per heavy atom. The maximum absolute atomic E-state index is 13.5. The van der Waals surface area contributed by atoms with Crippen molar-refractivity contribution in [1.82, 2.24) is 24.6 Å². The van der Waals surface area contributed by atoms with Crippen molar-refractivity contribution in [3.63, 3.8) is 0 Å². The molecule has 1 fully saturated rings. The van der Waals surface area contributed by atoms with Gasteiger partial charge < -0.3 is 10.2 Å². The molecule has 1 N–H and O–H groups in total. The Morgan fingerprint density at radius 2 is 1.88 bits per heavy atom. The summed E-state index contributed by atoms with van der Waals surface area (Å²) < 4.78 is 46.1. The summed E-state index contributed by atoms with van der Waals surface area (Å²) in [5.41, 5.74) is 3.55. The molecule has 1 saturated heterocycles. The SMILES string of the molecule is Cc1ccc(CC(=O)c2cc(C(F)(F)F)ccc2NCCN2CCCC2)cc1-n1cc(-c2cc[n+](C)n2C)nn1. The van der Waals surface area contributed by atoms with Crippen molar-refractivity contribution in [2.24, 2.45) is 14.1 Å². The lowest BCUT2D eigenvalue weighted by Crippen LogP contribution is -2.36. The zero-order valence-electron chi connectivity index (χ0n) is 22.9. The summed E-state index contributed by atoms with van der Waals surface area (Å²) in [5, 5.41) is 11.8. The number of aromatic nitrogens is 5. The van der Waals surface area contributed by atoms with Gasteiger partial charge in [-0.15, -0.1) is 9.78 Å². The Morgan fingerprint density at radius 3 is 2.58 bits per heavy atom. The van der Waals surface area contributed by atoms with E-state index in [1.807, 2.05) is 67.0 Å². The van der Waals surface area contributed by atoms with Crippen molar-refractivity contribution in [2.45, 2.75) is 32.4 Å². The molecule has 0 spiro atoms. The summed E-state index contributed by atoms with van der Waals surface area (Å²) in [6.07, 6.45) is 1.46. The molecule has 2 aromatic heterocycles. The Kier molecular flexibility index (Phi) is 7.75. The van der Waals surface area contributed by atoms with Gasteiger partial charge in [-0.05, 0) is 68.2 Å². The summed E-state index contributed by atoms with van der Waals surface area (Å²) in [7, 11) is 3.85. The van der Waals surface area contributed by atoms with E-state index in [-0.39, 0.29) is 17.8 Å². The molecule has 0 atom stereocenters. The van der Waals surface area contributed by atoms with Gasteiger partial charge in [0.1, 0.15) is 11.4 Å². The molecule has 8 nitrogen and oxygen atoms in total. The first-order valence-electron chi connectivity index (χ1n) is 13.3. The van der Waals surface area contributed by atoms with Gasteiger partial charge in [-0.25, -0.2) is 4.68 Å². The predicted molar refractivity (Wildman–Crippen MR) is 145 cm³/mol. The van der Waals surface area contributed by atoms with Gasteiger partial charge in [0.25, 0.3) is 0 Å². The highest BCUT2D eigenvalue weighted by Gasteiger charge is 2.32. The largest absolute Gasteiger partial charge is 0.416 e. The van der Waals surface area contributed by atoms with Crippen LogP contribution in [-0.4, -0.2) is 56.5 Å². The molecule has 4 aromatic rings. The van der Waals surface area contributed by atoms with Gasteiger partial charge in [-0.3, -0.25) is 4.79 Å². The molecule has 40 heavy (non-hydrogen) atoms. The molecule has 0 unspecified atom stereocenters. The summed E-state index contributed by atoms with van der Waals surface area (Å²) in [5.74, 6) is -0.389. The van der Waals surface area contributed by atoms with Gasteiger partial charge >= 0.3 is 6.18 Å². The first-order valence-corrected chi connectivity index (χ1v) is 13.3.